The second kappa shape index (κ2) is 4.48. The third kappa shape index (κ3) is 2.30. The molecule has 1 aromatic heterocycles. The Labute approximate surface area is 98.1 Å². The number of hydrogen-bond acceptors (Lipinski definition) is 3. The van der Waals surface area contributed by atoms with Gasteiger partial charge in [0, 0.05) is 34.4 Å². The maximum Gasteiger partial charge on any atom is 0.330 e. The molecule has 0 amide bonds. The van der Waals surface area contributed by atoms with Crippen LogP contribution in [0.3, 0.4) is 0 Å². The minimum absolute atomic E-state index is 0.281. The van der Waals surface area contributed by atoms with Gasteiger partial charge < -0.3 is 14.8 Å². The van der Waals surface area contributed by atoms with Gasteiger partial charge in [0.15, 0.2) is 5.11 Å². The Bertz CT molecular complexity index is 529. The molecule has 6 nitrogen and oxygen atoms in total. The van der Waals surface area contributed by atoms with Gasteiger partial charge in [0.1, 0.15) is 5.69 Å². The van der Waals surface area contributed by atoms with Gasteiger partial charge in [-0.25, -0.2) is 4.79 Å². The first-order valence-electron chi connectivity index (χ1n) is 4.59. The number of anilines is 1. The van der Waals surface area contributed by atoms with E-state index in [-0.39, 0.29) is 11.4 Å². The first-order valence-corrected chi connectivity index (χ1v) is 5.00. The average molecular weight is 242 g/mol. The van der Waals surface area contributed by atoms with Gasteiger partial charge in [-0.05, 0) is 12.2 Å². The van der Waals surface area contributed by atoms with Gasteiger partial charge in [-0.15, -0.1) is 0 Å². The lowest BCUT2D eigenvalue weighted by molar-refractivity contribution is 0.632. The zero-order valence-electron chi connectivity index (χ0n) is 9.64. The van der Waals surface area contributed by atoms with Crippen molar-refractivity contribution in [2.24, 2.45) is 14.1 Å². The molecule has 1 N–H and O–H groups in total. The number of thiocarbonyl (C=S) groups is 1. The van der Waals surface area contributed by atoms with Crippen LogP contribution in [-0.2, 0) is 14.1 Å². The molecule has 0 saturated heterocycles. The summed E-state index contributed by atoms with van der Waals surface area (Å²) < 4.78 is 2.35. The van der Waals surface area contributed by atoms with E-state index in [1.54, 1.807) is 26.0 Å². The van der Waals surface area contributed by atoms with Crippen LogP contribution in [0.2, 0.25) is 0 Å². The fraction of sp³-hybridized carbons (Fsp3) is 0.444. The standard InChI is InChI=1S/C9H14N4O2S/c1-11(2)8(16)10-6-5-12(3)9(15)13(4)7(6)14/h5H,1-4H3,(H,10,16). The Morgan fingerprint density at radius 3 is 2.44 bits per heavy atom. The summed E-state index contributed by atoms with van der Waals surface area (Å²) in [6.07, 6.45) is 1.43. The minimum Gasteiger partial charge on any atom is -0.355 e. The van der Waals surface area contributed by atoms with E-state index in [1.165, 1.54) is 17.8 Å². The van der Waals surface area contributed by atoms with Crippen molar-refractivity contribution in [3.63, 3.8) is 0 Å². The molecular formula is C9H14N4O2S. The molecule has 1 aromatic rings. The second-order valence-electron chi connectivity index (χ2n) is 3.63. The molecule has 0 atom stereocenters. The summed E-state index contributed by atoms with van der Waals surface area (Å²) in [5, 5.41) is 3.20. The molecule has 88 valence electrons. The highest BCUT2D eigenvalue weighted by molar-refractivity contribution is 7.80. The van der Waals surface area contributed by atoms with Crippen LogP contribution < -0.4 is 16.6 Å². The van der Waals surface area contributed by atoms with E-state index in [0.717, 1.165) is 4.57 Å². The van der Waals surface area contributed by atoms with Crippen LogP contribution in [0.25, 0.3) is 0 Å². The zero-order chi connectivity index (χ0) is 12.5. The molecule has 0 fully saturated rings. The predicted octanol–water partition coefficient (Wildman–Crippen LogP) is -0.658. The van der Waals surface area contributed by atoms with E-state index in [9.17, 15) is 9.59 Å². The van der Waals surface area contributed by atoms with Gasteiger partial charge in [0.25, 0.3) is 5.56 Å². The van der Waals surface area contributed by atoms with Gasteiger partial charge in [0.05, 0.1) is 0 Å². The van der Waals surface area contributed by atoms with Crippen LogP contribution in [0, 0.1) is 0 Å². The fourth-order valence-electron chi connectivity index (χ4n) is 1.12. The van der Waals surface area contributed by atoms with Crippen LogP contribution in [-0.4, -0.2) is 33.2 Å². The SMILES string of the molecule is CN(C)C(=S)Nc1cn(C)c(=O)n(C)c1=O. The third-order valence-electron chi connectivity index (χ3n) is 2.09. The van der Waals surface area contributed by atoms with Crippen LogP contribution in [0.5, 0.6) is 0 Å². The van der Waals surface area contributed by atoms with Crippen LogP contribution in [0.15, 0.2) is 15.8 Å². The van der Waals surface area contributed by atoms with E-state index < -0.39 is 5.56 Å². The molecule has 1 rings (SSSR count). The Balaban J connectivity index is 3.22. The summed E-state index contributed by atoms with van der Waals surface area (Å²) in [7, 11) is 6.53. The summed E-state index contributed by atoms with van der Waals surface area (Å²) in [6.45, 7) is 0. The molecule has 16 heavy (non-hydrogen) atoms. The molecule has 0 saturated carbocycles. The molecule has 0 aromatic carbocycles. The zero-order valence-corrected chi connectivity index (χ0v) is 10.5. The Hall–Kier alpha value is -1.63. The van der Waals surface area contributed by atoms with Crippen molar-refractivity contribution in [2.75, 3.05) is 19.4 Å². The monoisotopic (exact) mass is 242 g/mol. The lowest BCUT2D eigenvalue weighted by atomic mass is 10.5. The van der Waals surface area contributed by atoms with Gasteiger partial charge in [-0.1, -0.05) is 0 Å². The van der Waals surface area contributed by atoms with Crippen molar-refractivity contribution in [2.45, 2.75) is 0 Å². The van der Waals surface area contributed by atoms with Gasteiger partial charge in [0.2, 0.25) is 0 Å². The number of rotatable bonds is 1. The van der Waals surface area contributed by atoms with Crippen molar-refractivity contribution >= 4 is 23.0 Å². The number of nitrogens with one attached hydrogen (secondary N) is 1. The van der Waals surface area contributed by atoms with E-state index in [2.05, 4.69) is 5.32 Å². The van der Waals surface area contributed by atoms with Crippen LogP contribution in [0.4, 0.5) is 5.69 Å². The summed E-state index contributed by atoms with van der Waals surface area (Å²) in [5.41, 5.74) is -0.484. The van der Waals surface area contributed by atoms with Gasteiger partial charge in [-0.3, -0.25) is 9.36 Å². The molecule has 7 heteroatoms. The summed E-state index contributed by atoms with van der Waals surface area (Å²) in [5.74, 6) is 0. The molecular weight excluding hydrogens is 228 g/mol. The highest BCUT2D eigenvalue weighted by atomic mass is 32.1. The first-order chi connectivity index (χ1) is 7.34. The second-order valence-corrected chi connectivity index (χ2v) is 4.01. The molecule has 0 aliphatic heterocycles. The minimum atomic E-state index is -0.396. The molecule has 0 spiro atoms. The molecule has 1 heterocycles. The Kier molecular flexibility index (Phi) is 3.48. The average Bonchev–Trinajstić information content (AvgIpc) is 2.22. The Morgan fingerprint density at radius 1 is 1.38 bits per heavy atom. The van der Waals surface area contributed by atoms with Crippen molar-refractivity contribution in [3.8, 4) is 0 Å². The molecule has 0 aliphatic carbocycles. The van der Waals surface area contributed by atoms with Crippen LogP contribution >= 0.6 is 12.2 Å². The number of aromatic nitrogens is 2. The largest absolute Gasteiger partial charge is 0.355 e. The van der Waals surface area contributed by atoms with Crippen molar-refractivity contribution in [1.82, 2.24) is 14.0 Å². The van der Waals surface area contributed by atoms with Crippen molar-refractivity contribution in [3.05, 3.63) is 27.0 Å². The van der Waals surface area contributed by atoms with Gasteiger partial charge in [-0.2, -0.15) is 0 Å². The van der Waals surface area contributed by atoms with Gasteiger partial charge >= 0.3 is 5.69 Å². The normalized spacial score (nSPS) is 10.0. The van der Waals surface area contributed by atoms with E-state index >= 15 is 0 Å². The number of nitrogens with zero attached hydrogens (tertiary/aromatic N) is 3. The topological polar surface area (TPSA) is 59.3 Å². The number of aryl methyl sites for hydroxylation is 1. The molecule has 0 unspecified atom stereocenters. The smallest absolute Gasteiger partial charge is 0.330 e. The predicted molar refractivity (Wildman–Crippen MR) is 66.8 cm³/mol. The molecule has 0 bridgehead atoms. The lowest BCUT2D eigenvalue weighted by Crippen LogP contribution is -2.39. The third-order valence-corrected chi connectivity index (χ3v) is 2.56. The first kappa shape index (κ1) is 12.4. The Morgan fingerprint density at radius 2 is 1.94 bits per heavy atom. The molecule has 0 radical (unpaired) electrons. The van der Waals surface area contributed by atoms with E-state index in [0.29, 0.717) is 5.11 Å². The highest BCUT2D eigenvalue weighted by Gasteiger charge is 2.08. The van der Waals surface area contributed by atoms with E-state index in [1.807, 2.05) is 0 Å². The number of hydrogen-bond donors (Lipinski definition) is 1. The fourth-order valence-corrected chi connectivity index (χ4v) is 1.23. The maximum absolute atomic E-state index is 11.7. The maximum atomic E-state index is 11.7. The summed E-state index contributed by atoms with van der Waals surface area (Å²) in [4.78, 5) is 24.8. The highest BCUT2D eigenvalue weighted by Crippen LogP contribution is 1.96. The lowest BCUT2D eigenvalue weighted by Gasteiger charge is -2.15. The molecule has 0 aliphatic rings. The summed E-state index contributed by atoms with van der Waals surface area (Å²) in [6, 6.07) is 0. The van der Waals surface area contributed by atoms with E-state index in [4.69, 9.17) is 12.2 Å². The van der Waals surface area contributed by atoms with Crippen LogP contribution in [0.1, 0.15) is 0 Å². The van der Waals surface area contributed by atoms with Crippen molar-refractivity contribution < 1.29 is 0 Å². The van der Waals surface area contributed by atoms with Crippen molar-refractivity contribution in [1.29, 1.82) is 0 Å². The quantitative estimate of drug-likeness (QED) is 0.663. The summed E-state index contributed by atoms with van der Waals surface area (Å²) >= 11 is 5.02.